The first-order valence-electron chi connectivity index (χ1n) is 6.25. The highest BCUT2D eigenvalue weighted by molar-refractivity contribution is 7.91. The predicted molar refractivity (Wildman–Crippen MR) is 68.0 cm³/mol. The van der Waals surface area contributed by atoms with E-state index in [-0.39, 0.29) is 5.25 Å². The molecule has 4 atom stereocenters. The maximum atomic E-state index is 11.6. The molecule has 4 unspecified atom stereocenters. The minimum absolute atomic E-state index is 0.112. The van der Waals surface area contributed by atoms with Crippen LogP contribution in [0.2, 0.25) is 0 Å². The largest absolute Gasteiger partial charge is 0.330 e. The SMILES string of the molecule is CC(CN)C(C)C1CCCC(S(C)(=O)=O)C1. The van der Waals surface area contributed by atoms with Crippen LogP contribution in [0.15, 0.2) is 0 Å². The van der Waals surface area contributed by atoms with Crippen LogP contribution < -0.4 is 5.73 Å². The predicted octanol–water partition coefficient (Wildman–Crippen LogP) is 1.82. The molecule has 0 aliphatic heterocycles. The minimum Gasteiger partial charge on any atom is -0.330 e. The van der Waals surface area contributed by atoms with E-state index in [0.29, 0.717) is 24.3 Å². The Kier molecular flexibility index (Phi) is 4.80. The average Bonchev–Trinajstić information content (AvgIpc) is 2.26. The van der Waals surface area contributed by atoms with Crippen LogP contribution in [0.4, 0.5) is 0 Å². The summed E-state index contributed by atoms with van der Waals surface area (Å²) < 4.78 is 23.1. The van der Waals surface area contributed by atoms with Crippen molar-refractivity contribution in [2.45, 2.75) is 44.8 Å². The summed E-state index contributed by atoms with van der Waals surface area (Å²) in [4.78, 5) is 0. The Morgan fingerprint density at radius 1 is 1.31 bits per heavy atom. The van der Waals surface area contributed by atoms with Gasteiger partial charge in [-0.25, -0.2) is 8.42 Å². The summed E-state index contributed by atoms with van der Waals surface area (Å²) >= 11 is 0. The van der Waals surface area contributed by atoms with Crippen LogP contribution in [0.25, 0.3) is 0 Å². The lowest BCUT2D eigenvalue weighted by Gasteiger charge is -2.34. The van der Waals surface area contributed by atoms with E-state index in [0.717, 1.165) is 25.7 Å². The average molecular weight is 247 g/mol. The van der Waals surface area contributed by atoms with Gasteiger partial charge < -0.3 is 5.73 Å². The molecule has 0 aromatic carbocycles. The molecule has 4 heteroatoms. The number of rotatable bonds is 4. The zero-order valence-corrected chi connectivity index (χ0v) is 11.5. The summed E-state index contributed by atoms with van der Waals surface area (Å²) in [5, 5.41) is -0.112. The van der Waals surface area contributed by atoms with Gasteiger partial charge in [0.25, 0.3) is 0 Å². The lowest BCUT2D eigenvalue weighted by atomic mass is 9.75. The van der Waals surface area contributed by atoms with Gasteiger partial charge in [0.15, 0.2) is 0 Å². The highest BCUT2D eigenvalue weighted by Gasteiger charge is 2.32. The Bertz CT molecular complexity index is 313. The van der Waals surface area contributed by atoms with Gasteiger partial charge >= 0.3 is 0 Å². The number of sulfone groups is 1. The van der Waals surface area contributed by atoms with E-state index in [2.05, 4.69) is 13.8 Å². The summed E-state index contributed by atoms with van der Waals surface area (Å²) in [6, 6.07) is 0. The molecule has 0 aromatic rings. The minimum atomic E-state index is -2.86. The molecule has 0 amide bonds. The summed E-state index contributed by atoms with van der Waals surface area (Å²) in [7, 11) is -2.86. The van der Waals surface area contributed by atoms with Crippen LogP contribution in [-0.4, -0.2) is 26.5 Å². The fraction of sp³-hybridized carbons (Fsp3) is 1.00. The number of hydrogen-bond donors (Lipinski definition) is 1. The third-order valence-electron chi connectivity index (χ3n) is 4.29. The molecular formula is C12H25NO2S. The van der Waals surface area contributed by atoms with Crippen LogP contribution >= 0.6 is 0 Å². The maximum absolute atomic E-state index is 11.6. The second-order valence-electron chi connectivity index (χ2n) is 5.45. The summed E-state index contributed by atoms with van der Waals surface area (Å²) in [6.07, 6.45) is 5.27. The molecule has 96 valence electrons. The van der Waals surface area contributed by atoms with Crippen molar-refractivity contribution in [1.82, 2.24) is 0 Å². The van der Waals surface area contributed by atoms with E-state index in [1.54, 1.807) is 0 Å². The van der Waals surface area contributed by atoms with Crippen molar-refractivity contribution >= 4 is 9.84 Å². The summed E-state index contributed by atoms with van der Waals surface area (Å²) in [5.41, 5.74) is 5.68. The Balaban J connectivity index is 2.64. The first-order valence-corrected chi connectivity index (χ1v) is 8.20. The van der Waals surface area contributed by atoms with Crippen LogP contribution in [0, 0.1) is 17.8 Å². The summed E-state index contributed by atoms with van der Waals surface area (Å²) in [5.74, 6) is 1.56. The molecule has 0 bridgehead atoms. The molecule has 0 radical (unpaired) electrons. The smallest absolute Gasteiger partial charge is 0.150 e. The van der Waals surface area contributed by atoms with Gasteiger partial charge in [0.2, 0.25) is 0 Å². The van der Waals surface area contributed by atoms with E-state index < -0.39 is 9.84 Å². The molecule has 0 heterocycles. The lowest BCUT2D eigenvalue weighted by Crippen LogP contribution is -2.33. The fourth-order valence-electron chi connectivity index (χ4n) is 2.73. The van der Waals surface area contributed by atoms with Gasteiger partial charge in [-0.3, -0.25) is 0 Å². The van der Waals surface area contributed by atoms with Crippen molar-refractivity contribution < 1.29 is 8.42 Å². The first kappa shape index (κ1) is 14.0. The standard InChI is InChI=1S/C12H25NO2S/c1-9(8-13)10(2)11-5-4-6-12(7-11)16(3,14)15/h9-12H,4-8,13H2,1-3H3. The Hall–Kier alpha value is -0.0900. The van der Waals surface area contributed by atoms with Gasteiger partial charge in [-0.2, -0.15) is 0 Å². The molecule has 1 aliphatic rings. The molecule has 1 saturated carbocycles. The van der Waals surface area contributed by atoms with Gasteiger partial charge in [-0.05, 0) is 37.1 Å². The van der Waals surface area contributed by atoms with Crippen molar-refractivity contribution in [1.29, 1.82) is 0 Å². The van der Waals surface area contributed by atoms with Crippen LogP contribution in [0.3, 0.4) is 0 Å². The Morgan fingerprint density at radius 2 is 1.94 bits per heavy atom. The van der Waals surface area contributed by atoms with E-state index in [4.69, 9.17) is 5.73 Å². The molecule has 1 aliphatic carbocycles. The Labute approximate surface area is 99.7 Å². The van der Waals surface area contributed by atoms with Crippen molar-refractivity contribution in [3.63, 3.8) is 0 Å². The lowest BCUT2D eigenvalue weighted by molar-refractivity contribution is 0.208. The second-order valence-corrected chi connectivity index (χ2v) is 7.78. The van der Waals surface area contributed by atoms with Crippen molar-refractivity contribution in [2.75, 3.05) is 12.8 Å². The maximum Gasteiger partial charge on any atom is 0.150 e. The van der Waals surface area contributed by atoms with Gasteiger partial charge in [0.1, 0.15) is 9.84 Å². The quantitative estimate of drug-likeness (QED) is 0.824. The molecule has 0 spiro atoms. The van der Waals surface area contributed by atoms with Gasteiger partial charge in [-0.1, -0.05) is 26.7 Å². The highest BCUT2D eigenvalue weighted by Crippen LogP contribution is 2.35. The molecule has 16 heavy (non-hydrogen) atoms. The third-order valence-corrected chi connectivity index (χ3v) is 5.92. The van der Waals surface area contributed by atoms with Gasteiger partial charge in [-0.15, -0.1) is 0 Å². The van der Waals surface area contributed by atoms with Crippen molar-refractivity contribution in [3.8, 4) is 0 Å². The Morgan fingerprint density at radius 3 is 2.44 bits per heavy atom. The molecule has 1 rings (SSSR count). The van der Waals surface area contributed by atoms with Crippen molar-refractivity contribution in [3.05, 3.63) is 0 Å². The third kappa shape index (κ3) is 3.45. The fourth-order valence-corrected chi connectivity index (χ4v) is 3.92. The van der Waals surface area contributed by atoms with Crippen molar-refractivity contribution in [2.24, 2.45) is 23.5 Å². The van der Waals surface area contributed by atoms with E-state index in [9.17, 15) is 8.42 Å². The normalized spacial score (nSPS) is 31.0. The molecular weight excluding hydrogens is 222 g/mol. The van der Waals surface area contributed by atoms with E-state index in [1.807, 2.05) is 0 Å². The van der Waals surface area contributed by atoms with Crippen LogP contribution in [-0.2, 0) is 9.84 Å². The molecule has 0 aromatic heterocycles. The topological polar surface area (TPSA) is 60.2 Å². The number of nitrogens with two attached hydrogens (primary N) is 1. The number of hydrogen-bond acceptors (Lipinski definition) is 3. The van der Waals surface area contributed by atoms with E-state index >= 15 is 0 Å². The molecule has 0 saturated heterocycles. The molecule has 1 fully saturated rings. The van der Waals surface area contributed by atoms with Crippen LogP contribution in [0.1, 0.15) is 39.5 Å². The van der Waals surface area contributed by atoms with Gasteiger partial charge in [0, 0.05) is 6.26 Å². The monoisotopic (exact) mass is 247 g/mol. The molecule has 2 N–H and O–H groups in total. The second kappa shape index (κ2) is 5.50. The first-order chi connectivity index (χ1) is 7.36. The van der Waals surface area contributed by atoms with Gasteiger partial charge in [0.05, 0.1) is 5.25 Å². The summed E-state index contributed by atoms with van der Waals surface area (Å²) in [6.45, 7) is 5.07. The van der Waals surface area contributed by atoms with Crippen LogP contribution in [0.5, 0.6) is 0 Å². The zero-order valence-electron chi connectivity index (χ0n) is 10.6. The molecule has 3 nitrogen and oxygen atoms in total. The zero-order chi connectivity index (χ0) is 12.3. The highest BCUT2D eigenvalue weighted by atomic mass is 32.2. The van der Waals surface area contributed by atoms with E-state index in [1.165, 1.54) is 6.26 Å².